The van der Waals surface area contributed by atoms with Gasteiger partial charge in [-0.2, -0.15) is 0 Å². The fourth-order valence-corrected chi connectivity index (χ4v) is 6.48. The molecule has 0 amide bonds. The molecule has 27 heavy (non-hydrogen) atoms. The van der Waals surface area contributed by atoms with Crippen LogP contribution in [0.5, 0.6) is 0 Å². The van der Waals surface area contributed by atoms with Gasteiger partial charge in [-0.1, -0.05) is 19.1 Å². The molecule has 150 valence electrons. The molecule has 3 saturated heterocycles. The number of thioether (sulfide) groups is 1. The Bertz CT molecular complexity index is 755. The van der Waals surface area contributed by atoms with E-state index in [1.807, 2.05) is 12.1 Å². The molecule has 0 saturated carbocycles. The summed E-state index contributed by atoms with van der Waals surface area (Å²) in [5.41, 5.74) is 1.14. The number of hydrogen-bond donors (Lipinski definition) is 2. The van der Waals surface area contributed by atoms with E-state index in [-0.39, 0.29) is 6.04 Å². The van der Waals surface area contributed by atoms with E-state index in [0.717, 1.165) is 31.7 Å². The van der Waals surface area contributed by atoms with Gasteiger partial charge in [-0.3, -0.25) is 15.1 Å². The third-order valence-corrected chi connectivity index (χ3v) is 8.44. The molecule has 6 nitrogen and oxygen atoms in total. The van der Waals surface area contributed by atoms with E-state index in [1.165, 1.54) is 25.0 Å². The molecule has 2 N–H and O–H groups in total. The van der Waals surface area contributed by atoms with Crippen LogP contribution in [0, 0.1) is 0 Å². The molecule has 4 unspecified atom stereocenters. The SMILES string of the molecule is CCN1CCSC1CN1CCC2NCC(c3ccc(S(C)(=O)=O)cc3)NC21. The lowest BCUT2D eigenvalue weighted by atomic mass is 10.0. The van der Waals surface area contributed by atoms with Crippen LogP contribution in [0.25, 0.3) is 0 Å². The lowest BCUT2D eigenvalue weighted by Gasteiger charge is -2.39. The van der Waals surface area contributed by atoms with Crippen molar-refractivity contribution in [3.05, 3.63) is 29.8 Å². The highest BCUT2D eigenvalue weighted by Gasteiger charge is 2.40. The minimum absolute atomic E-state index is 0.207. The first kappa shape index (κ1) is 19.7. The van der Waals surface area contributed by atoms with Crippen molar-refractivity contribution in [3.8, 4) is 0 Å². The van der Waals surface area contributed by atoms with Gasteiger partial charge in [-0.15, -0.1) is 11.8 Å². The molecule has 0 aliphatic carbocycles. The molecule has 0 bridgehead atoms. The zero-order valence-electron chi connectivity index (χ0n) is 16.1. The first-order valence-corrected chi connectivity index (χ1v) is 12.8. The summed E-state index contributed by atoms with van der Waals surface area (Å²) in [5, 5.41) is 8.15. The molecule has 0 radical (unpaired) electrons. The quantitative estimate of drug-likeness (QED) is 0.754. The second-order valence-electron chi connectivity index (χ2n) is 7.76. The molecule has 3 aliphatic heterocycles. The maximum absolute atomic E-state index is 11.7. The van der Waals surface area contributed by atoms with Crippen LogP contribution < -0.4 is 10.6 Å². The molecule has 4 rings (SSSR count). The van der Waals surface area contributed by atoms with E-state index < -0.39 is 9.84 Å². The van der Waals surface area contributed by atoms with Gasteiger partial charge in [0.05, 0.1) is 16.4 Å². The molecule has 1 aromatic carbocycles. The van der Waals surface area contributed by atoms with Crippen LogP contribution >= 0.6 is 11.8 Å². The van der Waals surface area contributed by atoms with Crippen LogP contribution in [0.15, 0.2) is 29.2 Å². The summed E-state index contributed by atoms with van der Waals surface area (Å²) in [6, 6.07) is 8.04. The smallest absolute Gasteiger partial charge is 0.175 e. The van der Waals surface area contributed by atoms with E-state index in [2.05, 4.69) is 39.1 Å². The van der Waals surface area contributed by atoms with Crippen molar-refractivity contribution < 1.29 is 8.42 Å². The van der Waals surface area contributed by atoms with Crippen LogP contribution in [-0.2, 0) is 9.84 Å². The predicted octanol–water partition coefficient (Wildman–Crippen LogP) is 1.12. The Morgan fingerprint density at radius 2 is 1.96 bits per heavy atom. The largest absolute Gasteiger partial charge is 0.309 e. The van der Waals surface area contributed by atoms with E-state index in [4.69, 9.17) is 0 Å². The number of nitrogens with zero attached hydrogens (tertiary/aromatic N) is 2. The fraction of sp³-hybridized carbons (Fsp3) is 0.684. The van der Waals surface area contributed by atoms with Gasteiger partial charge in [0.1, 0.15) is 0 Å². The molecule has 4 atom stereocenters. The van der Waals surface area contributed by atoms with Crippen molar-refractivity contribution in [1.29, 1.82) is 0 Å². The van der Waals surface area contributed by atoms with Crippen molar-refractivity contribution in [1.82, 2.24) is 20.4 Å². The first-order valence-electron chi connectivity index (χ1n) is 9.85. The standard InChI is InChI=1S/C19H30N4O2S2/c1-3-22-10-11-26-18(22)13-23-9-8-16-19(23)21-17(12-20-16)14-4-6-15(7-5-14)27(2,24)25/h4-7,16-21H,3,8-13H2,1-2H3. The molecule has 3 aliphatic rings. The van der Waals surface area contributed by atoms with Gasteiger partial charge in [0, 0.05) is 50.3 Å². The molecule has 8 heteroatoms. The van der Waals surface area contributed by atoms with Gasteiger partial charge >= 0.3 is 0 Å². The van der Waals surface area contributed by atoms with Crippen LogP contribution in [0.3, 0.4) is 0 Å². The van der Waals surface area contributed by atoms with Crippen molar-refractivity contribution in [3.63, 3.8) is 0 Å². The number of likely N-dealkylation sites (tertiary alicyclic amines) is 1. The summed E-state index contributed by atoms with van der Waals surface area (Å²) in [7, 11) is -3.15. The number of piperazine rings is 1. The monoisotopic (exact) mass is 410 g/mol. The van der Waals surface area contributed by atoms with Gasteiger partial charge < -0.3 is 5.32 Å². The zero-order valence-corrected chi connectivity index (χ0v) is 17.7. The van der Waals surface area contributed by atoms with Crippen molar-refractivity contribution >= 4 is 21.6 Å². The van der Waals surface area contributed by atoms with E-state index >= 15 is 0 Å². The topological polar surface area (TPSA) is 64.7 Å². The summed E-state index contributed by atoms with van der Waals surface area (Å²) in [6.07, 6.45) is 2.78. The molecule has 1 aromatic rings. The Kier molecular flexibility index (Phi) is 5.83. The van der Waals surface area contributed by atoms with Gasteiger partial charge in [0.2, 0.25) is 0 Å². The average Bonchev–Trinajstić information content (AvgIpc) is 3.28. The van der Waals surface area contributed by atoms with E-state index in [9.17, 15) is 8.42 Å². The molecule has 3 heterocycles. The van der Waals surface area contributed by atoms with Crippen LogP contribution in [-0.4, -0.2) is 80.5 Å². The summed E-state index contributed by atoms with van der Waals surface area (Å²) in [5.74, 6) is 1.24. The van der Waals surface area contributed by atoms with E-state index in [1.54, 1.807) is 12.1 Å². The molecule has 3 fully saturated rings. The number of fused-ring (bicyclic) bond motifs is 1. The second-order valence-corrected chi connectivity index (χ2v) is 11.1. The number of rotatable bonds is 5. The predicted molar refractivity (Wildman–Crippen MR) is 111 cm³/mol. The maximum atomic E-state index is 11.7. The molecular weight excluding hydrogens is 380 g/mol. The Morgan fingerprint density at radius 3 is 2.67 bits per heavy atom. The minimum Gasteiger partial charge on any atom is -0.309 e. The van der Waals surface area contributed by atoms with Gasteiger partial charge in [0.25, 0.3) is 0 Å². The van der Waals surface area contributed by atoms with Crippen molar-refractivity contribution in [2.45, 2.75) is 41.9 Å². The van der Waals surface area contributed by atoms with Gasteiger partial charge in [-0.25, -0.2) is 8.42 Å². The summed E-state index contributed by atoms with van der Waals surface area (Å²) in [6.45, 7) is 7.70. The Labute approximate surface area is 167 Å². The Hall–Kier alpha value is -0.640. The van der Waals surface area contributed by atoms with Crippen LogP contribution in [0.1, 0.15) is 24.9 Å². The highest BCUT2D eigenvalue weighted by atomic mass is 32.2. The Balaban J connectivity index is 1.43. The number of hydrogen-bond acceptors (Lipinski definition) is 7. The van der Waals surface area contributed by atoms with Crippen molar-refractivity contribution in [2.75, 3.05) is 44.7 Å². The number of nitrogens with one attached hydrogen (secondary N) is 2. The lowest BCUT2D eigenvalue weighted by Crippen LogP contribution is -2.60. The summed E-state index contributed by atoms with van der Waals surface area (Å²) in [4.78, 5) is 5.56. The van der Waals surface area contributed by atoms with Crippen LogP contribution in [0.4, 0.5) is 0 Å². The zero-order chi connectivity index (χ0) is 19.0. The number of likely N-dealkylation sites (N-methyl/N-ethyl adjacent to an activating group) is 1. The van der Waals surface area contributed by atoms with Gasteiger partial charge in [-0.05, 0) is 30.7 Å². The highest BCUT2D eigenvalue weighted by molar-refractivity contribution is 8.00. The maximum Gasteiger partial charge on any atom is 0.175 e. The lowest BCUT2D eigenvalue weighted by molar-refractivity contribution is 0.132. The average molecular weight is 411 g/mol. The van der Waals surface area contributed by atoms with Gasteiger partial charge in [0.15, 0.2) is 9.84 Å². The molecule has 0 aromatic heterocycles. The normalized spacial score (nSPS) is 32.7. The Morgan fingerprint density at radius 1 is 1.19 bits per heavy atom. The first-order chi connectivity index (χ1) is 13.0. The number of sulfone groups is 1. The van der Waals surface area contributed by atoms with Crippen molar-refractivity contribution in [2.24, 2.45) is 0 Å². The third kappa shape index (κ3) is 4.21. The summed E-state index contributed by atoms with van der Waals surface area (Å²) >= 11 is 2.08. The third-order valence-electron chi connectivity index (χ3n) is 6.06. The number of benzene rings is 1. The van der Waals surface area contributed by atoms with E-state index in [0.29, 0.717) is 22.5 Å². The van der Waals surface area contributed by atoms with Crippen LogP contribution in [0.2, 0.25) is 0 Å². The fourth-order valence-electron chi connectivity index (χ4n) is 4.48. The molecular formula is C19H30N4O2S2. The minimum atomic E-state index is -3.15. The summed E-state index contributed by atoms with van der Waals surface area (Å²) < 4.78 is 23.4. The second kappa shape index (κ2) is 8.00. The molecule has 0 spiro atoms. The highest BCUT2D eigenvalue weighted by Crippen LogP contribution is 2.30.